The van der Waals surface area contributed by atoms with Crippen molar-refractivity contribution in [2.75, 3.05) is 0 Å². The summed E-state index contributed by atoms with van der Waals surface area (Å²) in [6.07, 6.45) is 10.6. The van der Waals surface area contributed by atoms with Gasteiger partial charge in [0.1, 0.15) is 0 Å². The van der Waals surface area contributed by atoms with Crippen LogP contribution in [0.15, 0.2) is 36.4 Å². The van der Waals surface area contributed by atoms with Crippen molar-refractivity contribution >= 4 is 0 Å². The molecule has 5 heteroatoms. The standard InChI is InChI=1S/2C11H17.4ClH.Zr/c2*1-3-4-5-6-11-8-7-10(2)9-11;;;;;/h2*7-9H,3-6H2,1-2H3;4*1H;/q2*-1;;;;;+4/p-4. The van der Waals surface area contributed by atoms with E-state index in [9.17, 15) is 0 Å². The van der Waals surface area contributed by atoms with Crippen LogP contribution in [0.25, 0.3) is 0 Å². The van der Waals surface area contributed by atoms with Gasteiger partial charge in [-0.2, -0.15) is 46.5 Å². The first kappa shape index (κ1) is 38.4. The molecule has 0 aliphatic rings. The van der Waals surface area contributed by atoms with Crippen LogP contribution in [0, 0.1) is 13.8 Å². The van der Waals surface area contributed by atoms with Gasteiger partial charge in [-0.1, -0.05) is 79.1 Å². The van der Waals surface area contributed by atoms with Gasteiger partial charge in [-0.25, -0.2) is 12.1 Å². The zero-order chi connectivity index (χ0) is 16.2. The number of halogens is 4. The minimum atomic E-state index is 0. The zero-order valence-electron chi connectivity index (χ0n) is 17.1. The maximum absolute atomic E-state index is 2.29. The Morgan fingerprint density at radius 1 is 0.630 bits per heavy atom. The van der Waals surface area contributed by atoms with Gasteiger partial charge >= 0.3 is 26.2 Å². The first-order valence-electron chi connectivity index (χ1n) is 9.10. The Balaban J connectivity index is -0.000000101. The second-order valence-electron chi connectivity index (χ2n) is 6.51. The van der Waals surface area contributed by atoms with E-state index in [4.69, 9.17) is 0 Å². The predicted octanol–water partition coefficient (Wildman–Crippen LogP) is -5.09. The van der Waals surface area contributed by atoms with Gasteiger partial charge in [0.2, 0.25) is 0 Å². The molecular weight excluding hydrogens is 497 g/mol. The molecule has 27 heavy (non-hydrogen) atoms. The number of hydrogen-bond donors (Lipinski definition) is 0. The Labute approximate surface area is 212 Å². The fraction of sp³-hybridized carbons (Fsp3) is 0.545. The van der Waals surface area contributed by atoms with Gasteiger partial charge < -0.3 is 49.6 Å². The maximum atomic E-state index is 2.29. The third-order valence-electron chi connectivity index (χ3n) is 4.08. The van der Waals surface area contributed by atoms with E-state index in [0.717, 1.165) is 0 Å². The van der Waals surface area contributed by atoms with E-state index in [1.807, 2.05) is 0 Å². The maximum Gasteiger partial charge on any atom is 4.00 e. The molecule has 0 unspecified atom stereocenters. The Morgan fingerprint density at radius 2 is 0.963 bits per heavy atom. The van der Waals surface area contributed by atoms with Crippen LogP contribution in [0.3, 0.4) is 0 Å². The fourth-order valence-electron chi connectivity index (χ4n) is 2.72. The Bertz CT molecular complexity index is 460. The second-order valence-corrected chi connectivity index (χ2v) is 6.51. The number of aryl methyl sites for hydroxylation is 4. The molecule has 2 aromatic carbocycles. The third kappa shape index (κ3) is 19.8. The van der Waals surface area contributed by atoms with Crippen LogP contribution in [0.4, 0.5) is 0 Å². The molecule has 0 amide bonds. The summed E-state index contributed by atoms with van der Waals surface area (Å²) in [7, 11) is 0. The van der Waals surface area contributed by atoms with Crippen molar-refractivity contribution in [2.45, 2.75) is 79.1 Å². The summed E-state index contributed by atoms with van der Waals surface area (Å²) in [5.41, 5.74) is 5.82. The fourth-order valence-corrected chi connectivity index (χ4v) is 2.72. The summed E-state index contributed by atoms with van der Waals surface area (Å²) < 4.78 is 0. The molecular formula is C22H34Cl4Zr-2. The monoisotopic (exact) mass is 528 g/mol. The van der Waals surface area contributed by atoms with E-state index < -0.39 is 0 Å². The molecule has 0 spiro atoms. The van der Waals surface area contributed by atoms with E-state index in [1.165, 1.54) is 73.6 Å². The summed E-state index contributed by atoms with van der Waals surface area (Å²) in [5, 5.41) is 0. The second kappa shape index (κ2) is 24.8. The van der Waals surface area contributed by atoms with Crippen molar-refractivity contribution in [1.29, 1.82) is 0 Å². The van der Waals surface area contributed by atoms with Crippen molar-refractivity contribution in [3.05, 3.63) is 58.7 Å². The van der Waals surface area contributed by atoms with Crippen molar-refractivity contribution in [3.8, 4) is 0 Å². The molecule has 0 saturated heterocycles. The average molecular weight is 532 g/mol. The van der Waals surface area contributed by atoms with Crippen molar-refractivity contribution in [1.82, 2.24) is 0 Å². The van der Waals surface area contributed by atoms with E-state index in [1.54, 1.807) is 0 Å². The topological polar surface area (TPSA) is 0 Å². The van der Waals surface area contributed by atoms with Crippen LogP contribution in [0.1, 0.15) is 74.6 Å². The van der Waals surface area contributed by atoms with E-state index >= 15 is 0 Å². The quantitative estimate of drug-likeness (QED) is 0.237. The van der Waals surface area contributed by atoms with Gasteiger partial charge in [0.15, 0.2) is 0 Å². The average Bonchev–Trinajstić information content (AvgIpc) is 3.09. The van der Waals surface area contributed by atoms with Crippen molar-refractivity contribution < 1.29 is 75.8 Å². The van der Waals surface area contributed by atoms with E-state index in [2.05, 4.69) is 64.1 Å². The van der Waals surface area contributed by atoms with Crippen LogP contribution in [0.2, 0.25) is 0 Å². The van der Waals surface area contributed by atoms with Crippen molar-refractivity contribution in [2.24, 2.45) is 0 Å². The molecule has 0 heterocycles. The third-order valence-corrected chi connectivity index (χ3v) is 4.08. The molecule has 0 atom stereocenters. The molecule has 0 aromatic heterocycles. The Morgan fingerprint density at radius 3 is 1.19 bits per heavy atom. The molecule has 0 bridgehead atoms. The SMILES string of the molecule is CCCCCc1cc[c-](C)c1.CCCCCc1cc[c-](C)c1.[Cl-].[Cl-].[Cl-].[Cl-].[Zr+4]. The summed E-state index contributed by atoms with van der Waals surface area (Å²) in [6, 6.07) is 13.4. The van der Waals surface area contributed by atoms with Crippen molar-refractivity contribution in [3.63, 3.8) is 0 Å². The van der Waals surface area contributed by atoms with Crippen LogP contribution in [-0.2, 0) is 39.0 Å². The Kier molecular flexibility index (Phi) is 35.2. The van der Waals surface area contributed by atoms with Crippen LogP contribution < -0.4 is 49.6 Å². The first-order valence-corrected chi connectivity index (χ1v) is 9.10. The predicted molar refractivity (Wildman–Crippen MR) is 100 cm³/mol. The molecule has 0 N–H and O–H groups in total. The summed E-state index contributed by atoms with van der Waals surface area (Å²) in [6.45, 7) is 8.80. The van der Waals surface area contributed by atoms with Gasteiger partial charge in [-0.3, -0.25) is 0 Å². The summed E-state index contributed by atoms with van der Waals surface area (Å²) in [4.78, 5) is 0. The minimum Gasteiger partial charge on any atom is -1.00 e. The molecule has 0 radical (unpaired) electrons. The molecule has 0 aliphatic carbocycles. The number of unbranched alkanes of at least 4 members (excludes halogenated alkanes) is 4. The first-order chi connectivity index (χ1) is 10.7. The number of rotatable bonds is 8. The smallest absolute Gasteiger partial charge is 1.00 e. The van der Waals surface area contributed by atoms with E-state index in [-0.39, 0.29) is 75.8 Å². The zero-order valence-corrected chi connectivity index (χ0v) is 22.6. The molecule has 2 rings (SSSR count). The van der Waals surface area contributed by atoms with Gasteiger partial charge in [0.25, 0.3) is 0 Å². The molecule has 0 aliphatic heterocycles. The minimum absolute atomic E-state index is 0. The largest absolute Gasteiger partial charge is 4.00 e. The molecule has 0 nitrogen and oxygen atoms in total. The van der Waals surface area contributed by atoms with Gasteiger partial charge in [-0.05, 0) is 0 Å². The van der Waals surface area contributed by atoms with Crippen LogP contribution in [-0.4, -0.2) is 0 Å². The molecule has 0 saturated carbocycles. The molecule has 156 valence electrons. The van der Waals surface area contributed by atoms with Crippen LogP contribution in [0.5, 0.6) is 0 Å². The van der Waals surface area contributed by atoms with Gasteiger partial charge in [0, 0.05) is 0 Å². The van der Waals surface area contributed by atoms with Gasteiger partial charge in [0.05, 0.1) is 0 Å². The normalized spacial score (nSPS) is 8.44. The van der Waals surface area contributed by atoms with Crippen LogP contribution >= 0.6 is 0 Å². The summed E-state index contributed by atoms with van der Waals surface area (Å²) >= 11 is 0. The van der Waals surface area contributed by atoms with E-state index in [0.29, 0.717) is 0 Å². The Hall–Kier alpha value is 0.743. The summed E-state index contributed by atoms with van der Waals surface area (Å²) in [5.74, 6) is 0. The number of hydrogen-bond acceptors (Lipinski definition) is 0. The molecule has 2 aromatic rings. The van der Waals surface area contributed by atoms with Gasteiger partial charge in [-0.15, -0.1) is 0 Å². The molecule has 0 fully saturated rings.